The van der Waals surface area contributed by atoms with Crippen molar-refractivity contribution >= 4 is 45.7 Å². The van der Waals surface area contributed by atoms with Gasteiger partial charge in [-0.25, -0.2) is 4.98 Å². The second-order valence-corrected chi connectivity index (χ2v) is 8.48. The molecule has 0 aliphatic carbocycles. The van der Waals surface area contributed by atoms with Crippen molar-refractivity contribution in [2.24, 2.45) is 0 Å². The molecular weight excluding hydrogens is 496 g/mol. The first kappa shape index (κ1) is 23.7. The number of hydrogen-bond donors (Lipinski definition) is 3. The third kappa shape index (κ3) is 4.88. The number of furan rings is 1. The van der Waals surface area contributed by atoms with Crippen LogP contribution in [0.1, 0.15) is 16.1 Å². The molecule has 37 heavy (non-hydrogen) atoms. The van der Waals surface area contributed by atoms with Gasteiger partial charge in [0.15, 0.2) is 16.5 Å². The summed E-state index contributed by atoms with van der Waals surface area (Å²) in [5.74, 6) is -0.381. The highest BCUT2D eigenvalue weighted by Crippen LogP contribution is 2.33. The molecule has 5 aromatic rings. The van der Waals surface area contributed by atoms with E-state index < -0.39 is 10.8 Å². The quantitative estimate of drug-likeness (QED) is 0.150. The number of aryl methyl sites for hydroxylation is 1. The van der Waals surface area contributed by atoms with Gasteiger partial charge in [-0.15, -0.1) is 0 Å². The van der Waals surface area contributed by atoms with Crippen LogP contribution in [-0.4, -0.2) is 26.0 Å². The SMILES string of the molecule is Cc1ccc2nc(-c3ccc(NC(=S)NC(=O)c4ccc(-c5ccccc5[N+](=O)[O-])o4)cc3O)oc2c1. The molecule has 11 heteroatoms. The van der Waals surface area contributed by atoms with Gasteiger partial charge in [0.2, 0.25) is 5.89 Å². The Bertz CT molecular complexity index is 1690. The van der Waals surface area contributed by atoms with Crippen LogP contribution in [0.2, 0.25) is 0 Å². The summed E-state index contributed by atoms with van der Waals surface area (Å²) in [6.07, 6.45) is 0. The number of phenolic OH excluding ortho intramolecular Hbond substituents is 1. The van der Waals surface area contributed by atoms with Crippen LogP contribution in [0, 0.1) is 17.0 Å². The lowest BCUT2D eigenvalue weighted by atomic mass is 10.1. The zero-order chi connectivity index (χ0) is 26.1. The molecule has 0 saturated heterocycles. The van der Waals surface area contributed by atoms with Crippen molar-refractivity contribution in [2.45, 2.75) is 6.92 Å². The highest BCUT2D eigenvalue weighted by molar-refractivity contribution is 7.80. The predicted molar refractivity (Wildman–Crippen MR) is 140 cm³/mol. The van der Waals surface area contributed by atoms with E-state index in [0.29, 0.717) is 22.4 Å². The number of nitrogens with one attached hydrogen (secondary N) is 2. The Morgan fingerprint density at radius 3 is 2.62 bits per heavy atom. The number of hydrogen-bond acceptors (Lipinski definition) is 8. The Hall–Kier alpha value is -5.03. The number of para-hydroxylation sites is 1. The van der Waals surface area contributed by atoms with Crippen LogP contribution in [0.5, 0.6) is 5.75 Å². The maximum atomic E-state index is 12.6. The summed E-state index contributed by atoms with van der Waals surface area (Å²) in [6.45, 7) is 1.95. The van der Waals surface area contributed by atoms with Crippen LogP contribution < -0.4 is 10.6 Å². The number of thiocarbonyl (C=S) groups is 1. The molecule has 0 radical (unpaired) electrons. The van der Waals surface area contributed by atoms with Gasteiger partial charge in [-0.3, -0.25) is 20.2 Å². The van der Waals surface area contributed by atoms with Gasteiger partial charge in [0.1, 0.15) is 17.0 Å². The van der Waals surface area contributed by atoms with Crippen LogP contribution in [0.15, 0.2) is 81.6 Å². The lowest BCUT2D eigenvalue weighted by Crippen LogP contribution is -2.33. The Morgan fingerprint density at radius 1 is 1.03 bits per heavy atom. The number of carbonyl (C=O) groups is 1. The topological polar surface area (TPSA) is 144 Å². The molecule has 3 aromatic carbocycles. The molecule has 0 atom stereocenters. The molecule has 184 valence electrons. The fourth-order valence-corrected chi connectivity index (χ4v) is 3.92. The second kappa shape index (κ2) is 9.55. The van der Waals surface area contributed by atoms with Crippen molar-refractivity contribution in [2.75, 3.05) is 5.32 Å². The molecule has 0 aliphatic heterocycles. The Balaban J connectivity index is 1.27. The highest BCUT2D eigenvalue weighted by Gasteiger charge is 2.20. The zero-order valence-electron chi connectivity index (χ0n) is 19.2. The Kier molecular flexibility index (Phi) is 6.12. The van der Waals surface area contributed by atoms with Crippen molar-refractivity contribution < 1.29 is 23.7 Å². The fraction of sp³-hybridized carbons (Fsp3) is 0.0385. The average Bonchev–Trinajstić information content (AvgIpc) is 3.51. The number of nitro benzene ring substituents is 1. The van der Waals surface area contributed by atoms with E-state index in [-0.39, 0.29) is 39.5 Å². The first-order chi connectivity index (χ1) is 17.8. The maximum absolute atomic E-state index is 12.6. The number of oxazole rings is 1. The number of amides is 1. The van der Waals surface area contributed by atoms with Gasteiger partial charge in [0.25, 0.3) is 11.6 Å². The lowest BCUT2D eigenvalue weighted by Gasteiger charge is -2.10. The van der Waals surface area contributed by atoms with Crippen LogP contribution in [0.3, 0.4) is 0 Å². The van der Waals surface area contributed by atoms with Crippen molar-refractivity contribution in [1.82, 2.24) is 10.3 Å². The van der Waals surface area contributed by atoms with Crippen LogP contribution in [-0.2, 0) is 0 Å². The minimum atomic E-state index is -0.648. The molecule has 0 bridgehead atoms. The predicted octanol–water partition coefficient (Wildman–Crippen LogP) is 5.80. The molecule has 1 amide bonds. The number of anilines is 1. The van der Waals surface area contributed by atoms with Gasteiger partial charge < -0.3 is 19.3 Å². The number of rotatable bonds is 5. The molecule has 2 aromatic heterocycles. The maximum Gasteiger partial charge on any atom is 0.293 e. The van der Waals surface area contributed by atoms with E-state index in [1.54, 1.807) is 24.3 Å². The number of phenols is 1. The summed E-state index contributed by atoms with van der Waals surface area (Å²) >= 11 is 5.21. The van der Waals surface area contributed by atoms with E-state index >= 15 is 0 Å². The van der Waals surface area contributed by atoms with E-state index in [1.807, 2.05) is 25.1 Å². The van der Waals surface area contributed by atoms with Crippen molar-refractivity contribution in [1.29, 1.82) is 0 Å². The largest absolute Gasteiger partial charge is 0.507 e. The standard InChI is InChI=1S/C26H18N4O6S/c1-14-6-9-18-23(12-14)36-25(28-18)17-8-7-15(13-20(17)31)27-26(37)29-24(32)22-11-10-21(35-22)16-4-2-3-5-19(16)30(33)34/h2-13,31H,1H3,(H2,27,29,32,37). The van der Waals surface area contributed by atoms with Gasteiger partial charge in [-0.2, -0.15) is 0 Å². The number of carbonyl (C=O) groups excluding carboxylic acids is 1. The lowest BCUT2D eigenvalue weighted by molar-refractivity contribution is -0.384. The molecule has 0 saturated carbocycles. The van der Waals surface area contributed by atoms with Gasteiger partial charge >= 0.3 is 0 Å². The van der Waals surface area contributed by atoms with Gasteiger partial charge in [-0.05, 0) is 67.2 Å². The van der Waals surface area contributed by atoms with Crippen molar-refractivity contribution in [3.63, 3.8) is 0 Å². The van der Waals surface area contributed by atoms with Gasteiger partial charge in [0, 0.05) is 17.8 Å². The number of benzene rings is 3. The molecular formula is C26H18N4O6S. The smallest absolute Gasteiger partial charge is 0.293 e. The van der Waals surface area contributed by atoms with Crippen LogP contribution >= 0.6 is 12.2 Å². The number of aromatic nitrogens is 1. The highest BCUT2D eigenvalue weighted by atomic mass is 32.1. The first-order valence-corrected chi connectivity index (χ1v) is 11.4. The first-order valence-electron chi connectivity index (χ1n) is 10.9. The van der Waals surface area contributed by atoms with E-state index in [0.717, 1.165) is 5.56 Å². The number of aromatic hydroxyl groups is 1. The minimum absolute atomic E-state index is 0.0434. The Morgan fingerprint density at radius 2 is 1.84 bits per heavy atom. The van der Waals surface area contributed by atoms with Gasteiger partial charge in [-0.1, -0.05) is 18.2 Å². The molecule has 0 aliphatic rings. The summed E-state index contributed by atoms with van der Waals surface area (Å²) in [5.41, 5.74) is 3.24. The second-order valence-electron chi connectivity index (χ2n) is 8.07. The third-order valence-electron chi connectivity index (χ3n) is 5.45. The normalized spacial score (nSPS) is 10.8. The average molecular weight is 515 g/mol. The van der Waals surface area contributed by atoms with E-state index in [1.165, 1.54) is 30.3 Å². The Labute approximate surface area is 214 Å². The van der Waals surface area contributed by atoms with E-state index in [9.17, 15) is 20.0 Å². The van der Waals surface area contributed by atoms with Gasteiger partial charge in [0.05, 0.1) is 16.1 Å². The monoisotopic (exact) mass is 514 g/mol. The number of fused-ring (bicyclic) bond motifs is 1. The molecule has 10 nitrogen and oxygen atoms in total. The number of nitro groups is 1. The van der Waals surface area contributed by atoms with Crippen LogP contribution in [0.4, 0.5) is 11.4 Å². The summed E-state index contributed by atoms with van der Waals surface area (Å²) in [5, 5.41) is 27.1. The fourth-order valence-electron chi connectivity index (χ4n) is 3.71. The molecule has 0 unspecified atom stereocenters. The third-order valence-corrected chi connectivity index (χ3v) is 5.66. The molecule has 0 spiro atoms. The summed E-state index contributed by atoms with van der Waals surface area (Å²) < 4.78 is 11.3. The number of nitrogens with zero attached hydrogens (tertiary/aromatic N) is 2. The molecule has 2 heterocycles. The molecule has 0 fully saturated rings. The minimum Gasteiger partial charge on any atom is -0.507 e. The van der Waals surface area contributed by atoms with E-state index in [4.69, 9.17) is 21.1 Å². The summed E-state index contributed by atoms with van der Waals surface area (Å²) in [6, 6.07) is 19.2. The van der Waals surface area contributed by atoms with E-state index in [2.05, 4.69) is 15.6 Å². The zero-order valence-corrected chi connectivity index (χ0v) is 20.0. The summed E-state index contributed by atoms with van der Waals surface area (Å²) in [7, 11) is 0. The molecule has 3 N–H and O–H groups in total. The summed E-state index contributed by atoms with van der Waals surface area (Å²) in [4.78, 5) is 27.7. The van der Waals surface area contributed by atoms with Crippen molar-refractivity contribution in [3.8, 4) is 28.5 Å². The van der Waals surface area contributed by atoms with Crippen LogP contribution in [0.25, 0.3) is 33.9 Å². The molecule has 5 rings (SSSR count). The van der Waals surface area contributed by atoms with Crippen molar-refractivity contribution in [3.05, 3.63) is 94.2 Å².